The number of carbonyl (C=O) groups excluding carboxylic acids is 1. The van der Waals surface area contributed by atoms with Gasteiger partial charge in [-0.25, -0.2) is 4.79 Å². The molecule has 0 aliphatic carbocycles. The number of rotatable bonds is 9. The number of ether oxygens (including phenoxy) is 1. The first-order valence-corrected chi connectivity index (χ1v) is 11.0. The molecule has 4 rings (SSSR count). The van der Waals surface area contributed by atoms with Crippen LogP contribution in [0.1, 0.15) is 27.0 Å². The van der Waals surface area contributed by atoms with E-state index < -0.39 is 11.9 Å². The highest BCUT2D eigenvalue weighted by Gasteiger charge is 2.12. The normalized spacial score (nSPS) is 11.1. The van der Waals surface area contributed by atoms with Gasteiger partial charge in [0.2, 0.25) is 0 Å². The van der Waals surface area contributed by atoms with Gasteiger partial charge in [-0.3, -0.25) is 4.79 Å². The molecule has 1 amide bonds. The molecule has 0 aliphatic heterocycles. The predicted molar refractivity (Wildman–Crippen MR) is 133 cm³/mol. The van der Waals surface area contributed by atoms with Crippen molar-refractivity contribution in [1.82, 2.24) is 10.3 Å². The fraction of sp³-hybridized carbons (Fsp3) is 0.107. The fourth-order valence-electron chi connectivity index (χ4n) is 3.73. The summed E-state index contributed by atoms with van der Waals surface area (Å²) in [6.45, 7) is 0.530. The number of hydrogen-bond acceptors (Lipinski definition) is 4. The minimum absolute atomic E-state index is 0.0344. The van der Waals surface area contributed by atoms with Crippen LogP contribution in [-0.2, 0) is 17.8 Å². The van der Waals surface area contributed by atoms with Crippen molar-refractivity contribution in [3.63, 3.8) is 0 Å². The van der Waals surface area contributed by atoms with Crippen molar-refractivity contribution in [3.05, 3.63) is 107 Å². The zero-order valence-corrected chi connectivity index (χ0v) is 18.8. The molecule has 1 heterocycles. The Kier molecular flexibility index (Phi) is 7.24. The number of H-pyrrole nitrogens is 1. The first-order chi connectivity index (χ1) is 17.0. The number of aromatic nitrogens is 1. The number of nitrogens with zero attached hydrogens (tertiary/aromatic N) is 1. The van der Waals surface area contributed by atoms with Crippen molar-refractivity contribution >= 4 is 28.9 Å². The molecule has 3 aromatic carbocycles. The molecule has 0 spiro atoms. The third-order valence-corrected chi connectivity index (χ3v) is 5.51. The number of para-hydroxylation sites is 2. The minimum Gasteiger partial charge on any atom is -0.488 e. The van der Waals surface area contributed by atoms with Crippen LogP contribution >= 0.6 is 0 Å². The molecule has 0 saturated carbocycles. The highest BCUT2D eigenvalue weighted by atomic mass is 16.5. The molecule has 0 bridgehead atoms. The summed E-state index contributed by atoms with van der Waals surface area (Å²) < 4.78 is 5.87. The maximum absolute atomic E-state index is 12.7. The predicted octanol–water partition coefficient (Wildman–Crippen LogP) is 4.71. The molecule has 35 heavy (non-hydrogen) atoms. The number of carbonyl (C=O) groups is 2. The van der Waals surface area contributed by atoms with Gasteiger partial charge in [-0.1, -0.05) is 48.5 Å². The Morgan fingerprint density at radius 1 is 1.06 bits per heavy atom. The van der Waals surface area contributed by atoms with Crippen LogP contribution in [0, 0.1) is 11.3 Å². The van der Waals surface area contributed by atoms with Crippen molar-refractivity contribution in [1.29, 1.82) is 5.26 Å². The Balaban J connectivity index is 1.42. The quantitative estimate of drug-likeness (QED) is 0.245. The van der Waals surface area contributed by atoms with Gasteiger partial charge in [0.1, 0.15) is 24.0 Å². The summed E-state index contributed by atoms with van der Waals surface area (Å²) in [5.74, 6) is -0.992. The van der Waals surface area contributed by atoms with Gasteiger partial charge in [0.15, 0.2) is 0 Å². The molecule has 3 N–H and O–H groups in total. The fourth-order valence-corrected chi connectivity index (χ4v) is 3.73. The first kappa shape index (κ1) is 23.3. The van der Waals surface area contributed by atoms with Crippen LogP contribution < -0.4 is 10.1 Å². The van der Waals surface area contributed by atoms with Gasteiger partial charge >= 0.3 is 5.97 Å². The number of aromatic carboxylic acids is 1. The van der Waals surface area contributed by atoms with E-state index in [0.717, 1.165) is 16.5 Å². The van der Waals surface area contributed by atoms with Crippen molar-refractivity contribution in [2.45, 2.75) is 13.0 Å². The van der Waals surface area contributed by atoms with Crippen molar-refractivity contribution in [3.8, 4) is 11.8 Å². The molecule has 0 unspecified atom stereocenters. The molecule has 7 heteroatoms. The molecular formula is C28H23N3O4. The number of nitriles is 1. The smallest absolute Gasteiger partial charge is 0.335 e. The summed E-state index contributed by atoms with van der Waals surface area (Å²) in [4.78, 5) is 27.0. The summed E-state index contributed by atoms with van der Waals surface area (Å²) in [7, 11) is 0. The third kappa shape index (κ3) is 5.75. The van der Waals surface area contributed by atoms with Crippen LogP contribution in [0.5, 0.6) is 5.75 Å². The van der Waals surface area contributed by atoms with Gasteiger partial charge in [0.05, 0.1) is 5.56 Å². The summed E-state index contributed by atoms with van der Waals surface area (Å²) in [6, 6.07) is 23.5. The molecule has 0 radical (unpaired) electrons. The van der Waals surface area contributed by atoms with Crippen molar-refractivity contribution < 1.29 is 19.4 Å². The third-order valence-electron chi connectivity index (χ3n) is 5.51. The zero-order chi connectivity index (χ0) is 24.6. The largest absolute Gasteiger partial charge is 0.488 e. The van der Waals surface area contributed by atoms with Crippen LogP contribution in [0.3, 0.4) is 0 Å². The van der Waals surface area contributed by atoms with Gasteiger partial charge in [-0.05, 0) is 47.9 Å². The number of aromatic amines is 1. The summed E-state index contributed by atoms with van der Waals surface area (Å²) >= 11 is 0. The van der Waals surface area contributed by atoms with E-state index in [1.54, 1.807) is 42.5 Å². The Morgan fingerprint density at radius 2 is 1.86 bits per heavy atom. The number of carboxylic acid groups (broad SMARTS) is 1. The van der Waals surface area contributed by atoms with E-state index in [1.165, 1.54) is 12.1 Å². The van der Waals surface area contributed by atoms with E-state index >= 15 is 0 Å². The maximum Gasteiger partial charge on any atom is 0.335 e. The van der Waals surface area contributed by atoms with Crippen LogP contribution in [0.4, 0.5) is 0 Å². The van der Waals surface area contributed by atoms with E-state index in [2.05, 4.69) is 10.3 Å². The van der Waals surface area contributed by atoms with E-state index in [4.69, 9.17) is 9.84 Å². The molecular weight excluding hydrogens is 442 g/mol. The van der Waals surface area contributed by atoms with Crippen molar-refractivity contribution in [2.75, 3.05) is 6.54 Å². The number of carboxylic acids is 1. The average Bonchev–Trinajstić information content (AvgIpc) is 3.29. The van der Waals surface area contributed by atoms with Crippen LogP contribution in [-0.4, -0.2) is 28.5 Å². The maximum atomic E-state index is 12.7. The number of benzene rings is 3. The standard InChI is InChI=1S/C28H23N3O4/c29-16-23(27(32)30-13-12-22-17-31-25-10-3-2-9-24(22)25)15-20-7-1-4-11-26(20)35-18-19-6-5-8-21(14-19)28(33)34/h1-11,14-15,17,31H,12-13,18H2,(H,30,32)(H,33,34)/b23-15-. The lowest BCUT2D eigenvalue weighted by molar-refractivity contribution is -0.117. The van der Waals surface area contributed by atoms with Gasteiger partial charge in [0, 0.05) is 29.2 Å². The molecule has 0 fully saturated rings. The average molecular weight is 466 g/mol. The lowest BCUT2D eigenvalue weighted by atomic mass is 10.1. The number of hydrogen-bond donors (Lipinski definition) is 3. The van der Waals surface area contributed by atoms with E-state index in [1.807, 2.05) is 36.5 Å². The summed E-state index contributed by atoms with van der Waals surface area (Å²) in [5, 5.41) is 22.7. The zero-order valence-electron chi connectivity index (χ0n) is 18.8. The van der Waals surface area contributed by atoms with Crippen LogP contribution in [0.25, 0.3) is 17.0 Å². The second kappa shape index (κ2) is 10.9. The molecule has 1 aromatic heterocycles. The lowest BCUT2D eigenvalue weighted by Crippen LogP contribution is -2.26. The first-order valence-electron chi connectivity index (χ1n) is 11.0. The Bertz CT molecular complexity index is 1450. The Labute approximate surface area is 202 Å². The van der Waals surface area contributed by atoms with Crippen molar-refractivity contribution in [2.24, 2.45) is 0 Å². The van der Waals surface area contributed by atoms with Crippen LogP contribution in [0.2, 0.25) is 0 Å². The Hall–Kier alpha value is -4.83. The van der Waals surface area contributed by atoms with E-state index in [9.17, 15) is 14.9 Å². The summed E-state index contributed by atoms with van der Waals surface area (Å²) in [6.07, 6.45) is 4.05. The van der Waals surface area contributed by atoms with Gasteiger partial charge in [-0.15, -0.1) is 0 Å². The highest BCUT2D eigenvalue weighted by Crippen LogP contribution is 2.23. The van der Waals surface area contributed by atoms with Gasteiger partial charge < -0.3 is 20.1 Å². The number of nitrogens with one attached hydrogen (secondary N) is 2. The van der Waals surface area contributed by atoms with E-state index in [0.29, 0.717) is 29.8 Å². The van der Waals surface area contributed by atoms with Gasteiger partial charge in [0.25, 0.3) is 5.91 Å². The molecule has 0 atom stereocenters. The van der Waals surface area contributed by atoms with Crippen LogP contribution in [0.15, 0.2) is 84.6 Å². The molecule has 4 aromatic rings. The topological polar surface area (TPSA) is 115 Å². The molecule has 0 saturated heterocycles. The van der Waals surface area contributed by atoms with E-state index in [-0.39, 0.29) is 17.7 Å². The number of amides is 1. The minimum atomic E-state index is -1.01. The molecule has 0 aliphatic rings. The van der Waals surface area contributed by atoms with Gasteiger partial charge in [-0.2, -0.15) is 5.26 Å². The summed E-state index contributed by atoms with van der Waals surface area (Å²) in [5.41, 5.74) is 3.54. The lowest BCUT2D eigenvalue weighted by Gasteiger charge is -2.10. The highest BCUT2D eigenvalue weighted by molar-refractivity contribution is 6.02. The second-order valence-electron chi connectivity index (χ2n) is 7.87. The SMILES string of the molecule is N#C/C(=C/c1ccccc1OCc1cccc(C(=O)O)c1)C(=O)NCCc1c[nH]c2ccccc12. The Morgan fingerprint density at radius 3 is 2.69 bits per heavy atom. The second-order valence-corrected chi connectivity index (χ2v) is 7.87. The molecule has 174 valence electrons. The monoisotopic (exact) mass is 465 g/mol. The number of fused-ring (bicyclic) bond motifs is 1. The molecule has 7 nitrogen and oxygen atoms in total.